The first-order valence-corrected chi connectivity index (χ1v) is 8.26. The van der Waals surface area contributed by atoms with Crippen molar-refractivity contribution in [1.29, 1.82) is 0 Å². The number of carbonyl (C=O) groups is 1. The Bertz CT molecular complexity index is 631. The Labute approximate surface area is 139 Å². The highest BCUT2D eigenvalue weighted by atomic mass is 16.7. The molecule has 0 amide bonds. The van der Waals surface area contributed by atoms with Crippen LogP contribution >= 0.6 is 0 Å². The number of ether oxygens (including phenoxy) is 2. The van der Waals surface area contributed by atoms with Crippen LogP contribution in [-0.4, -0.2) is 12.9 Å². The van der Waals surface area contributed by atoms with E-state index in [1.807, 2.05) is 13.8 Å². The van der Waals surface area contributed by atoms with Crippen LogP contribution in [0, 0.1) is 17.3 Å². The van der Waals surface area contributed by atoms with Crippen LogP contribution < -0.4 is 0 Å². The van der Waals surface area contributed by atoms with Crippen molar-refractivity contribution in [1.82, 2.24) is 0 Å². The minimum absolute atomic E-state index is 0.0297. The summed E-state index contributed by atoms with van der Waals surface area (Å²) < 4.78 is 11.1. The van der Waals surface area contributed by atoms with E-state index in [0.717, 1.165) is 17.8 Å². The molecule has 2 aliphatic rings. The van der Waals surface area contributed by atoms with Gasteiger partial charge < -0.3 is 9.47 Å². The highest BCUT2D eigenvalue weighted by Crippen LogP contribution is 2.52. The Balaban J connectivity index is 2.54. The summed E-state index contributed by atoms with van der Waals surface area (Å²) in [5.41, 5.74) is 2.74. The van der Waals surface area contributed by atoms with E-state index in [4.69, 9.17) is 9.47 Å². The van der Waals surface area contributed by atoms with Gasteiger partial charge in [0.2, 0.25) is 0 Å². The second-order valence-corrected chi connectivity index (χ2v) is 7.25. The van der Waals surface area contributed by atoms with Gasteiger partial charge >= 0.3 is 0 Å². The Morgan fingerprint density at radius 2 is 2.04 bits per heavy atom. The van der Waals surface area contributed by atoms with Gasteiger partial charge in [-0.05, 0) is 45.6 Å². The lowest BCUT2D eigenvalue weighted by molar-refractivity contribution is -0.127. The molecule has 0 N–H and O–H groups in total. The standard InChI is InChI=1S/C20H28O3/c1-12(2)8-9-13(3)18-14(4)10-15(5)19-20(18,6)16(21)11-17(22-7)23-19/h9-12,18H,8H2,1-7H3/b13-9+/t18-,20+/m1/s1. The maximum absolute atomic E-state index is 12.9. The molecule has 0 aromatic carbocycles. The second-order valence-electron chi connectivity index (χ2n) is 7.25. The summed E-state index contributed by atoms with van der Waals surface area (Å²) in [7, 11) is 1.52. The molecule has 1 heterocycles. The average Bonchev–Trinajstić information content (AvgIpc) is 2.46. The third-order valence-corrected chi connectivity index (χ3v) is 4.84. The molecule has 0 aromatic heterocycles. The van der Waals surface area contributed by atoms with Gasteiger partial charge in [0.25, 0.3) is 5.95 Å². The summed E-state index contributed by atoms with van der Waals surface area (Å²) >= 11 is 0. The molecule has 0 bridgehead atoms. The summed E-state index contributed by atoms with van der Waals surface area (Å²) in [5.74, 6) is 1.67. The Morgan fingerprint density at radius 1 is 1.39 bits per heavy atom. The number of methoxy groups -OCH3 is 1. The van der Waals surface area contributed by atoms with Gasteiger partial charge in [0, 0.05) is 5.92 Å². The van der Waals surface area contributed by atoms with E-state index in [2.05, 4.69) is 39.8 Å². The lowest BCUT2D eigenvalue weighted by Crippen LogP contribution is -2.43. The quantitative estimate of drug-likeness (QED) is 0.690. The molecule has 126 valence electrons. The molecule has 0 unspecified atom stereocenters. The SMILES string of the molecule is COC1=CC(=O)[C@]2(C)C(=C(C)C=C(C)[C@H]2/C(C)=C/CC(C)C)O1. The second kappa shape index (κ2) is 6.38. The van der Waals surface area contributed by atoms with Crippen molar-refractivity contribution in [2.75, 3.05) is 7.11 Å². The molecule has 2 atom stereocenters. The van der Waals surface area contributed by atoms with Crippen molar-refractivity contribution >= 4 is 5.78 Å². The minimum atomic E-state index is -0.692. The molecule has 3 heteroatoms. The molecular weight excluding hydrogens is 288 g/mol. The molecule has 1 aliphatic heterocycles. The van der Waals surface area contributed by atoms with E-state index < -0.39 is 5.41 Å². The van der Waals surface area contributed by atoms with Gasteiger partial charge in [-0.15, -0.1) is 0 Å². The zero-order chi connectivity index (χ0) is 17.4. The molecule has 2 rings (SSSR count). The third kappa shape index (κ3) is 3.01. The van der Waals surface area contributed by atoms with Crippen LogP contribution in [0.4, 0.5) is 0 Å². The van der Waals surface area contributed by atoms with Crippen LogP contribution in [0.5, 0.6) is 0 Å². The normalized spacial score (nSPS) is 28.3. The predicted molar refractivity (Wildman–Crippen MR) is 92.5 cm³/mol. The van der Waals surface area contributed by atoms with Crippen LogP contribution in [0.15, 0.2) is 46.7 Å². The Morgan fingerprint density at radius 3 is 2.61 bits per heavy atom. The van der Waals surface area contributed by atoms with Gasteiger partial charge in [0.05, 0.1) is 18.6 Å². The lowest BCUT2D eigenvalue weighted by Gasteiger charge is -2.43. The molecule has 0 spiro atoms. The fraction of sp³-hybridized carbons (Fsp3) is 0.550. The van der Waals surface area contributed by atoms with Gasteiger partial charge in [-0.25, -0.2) is 0 Å². The summed E-state index contributed by atoms with van der Waals surface area (Å²) in [4.78, 5) is 12.9. The number of fused-ring (bicyclic) bond motifs is 1. The van der Waals surface area contributed by atoms with Gasteiger partial charge in [-0.3, -0.25) is 4.79 Å². The zero-order valence-corrected chi connectivity index (χ0v) is 15.3. The molecule has 3 nitrogen and oxygen atoms in total. The summed E-state index contributed by atoms with van der Waals surface area (Å²) in [6.07, 6.45) is 6.88. The predicted octanol–water partition coefficient (Wildman–Crippen LogP) is 4.92. The fourth-order valence-corrected chi connectivity index (χ4v) is 3.77. The average molecular weight is 316 g/mol. The highest BCUT2D eigenvalue weighted by molar-refractivity contribution is 5.99. The van der Waals surface area contributed by atoms with Gasteiger partial charge in [0.15, 0.2) is 5.78 Å². The summed E-state index contributed by atoms with van der Waals surface area (Å²) in [5, 5.41) is 0. The van der Waals surface area contributed by atoms with Gasteiger partial charge in [0.1, 0.15) is 5.76 Å². The van der Waals surface area contributed by atoms with E-state index in [1.165, 1.54) is 24.3 Å². The largest absolute Gasteiger partial charge is 0.468 e. The van der Waals surface area contributed by atoms with Crippen molar-refractivity contribution in [3.63, 3.8) is 0 Å². The van der Waals surface area contributed by atoms with Crippen LogP contribution in [0.1, 0.15) is 48.0 Å². The topological polar surface area (TPSA) is 35.5 Å². The van der Waals surface area contributed by atoms with Crippen molar-refractivity contribution in [2.45, 2.75) is 48.0 Å². The molecule has 0 fully saturated rings. The number of ketones is 1. The van der Waals surface area contributed by atoms with E-state index >= 15 is 0 Å². The summed E-state index contributed by atoms with van der Waals surface area (Å²) in [6, 6.07) is 0. The van der Waals surface area contributed by atoms with Crippen LogP contribution in [0.3, 0.4) is 0 Å². The maximum Gasteiger partial charge on any atom is 0.287 e. The van der Waals surface area contributed by atoms with Crippen LogP contribution in [0.25, 0.3) is 0 Å². The number of hydrogen-bond acceptors (Lipinski definition) is 3. The van der Waals surface area contributed by atoms with E-state index in [0.29, 0.717) is 5.92 Å². The maximum atomic E-state index is 12.9. The van der Waals surface area contributed by atoms with Crippen molar-refractivity contribution in [3.8, 4) is 0 Å². The lowest BCUT2D eigenvalue weighted by atomic mass is 9.62. The van der Waals surface area contributed by atoms with E-state index in [9.17, 15) is 4.79 Å². The van der Waals surface area contributed by atoms with Crippen LogP contribution in [-0.2, 0) is 14.3 Å². The van der Waals surface area contributed by atoms with Crippen molar-refractivity contribution in [2.24, 2.45) is 17.3 Å². The van der Waals surface area contributed by atoms with Gasteiger partial charge in [-0.1, -0.05) is 37.1 Å². The molecule has 0 radical (unpaired) electrons. The molecule has 1 aliphatic carbocycles. The number of allylic oxidation sites excluding steroid dienone is 7. The summed E-state index contributed by atoms with van der Waals surface area (Å²) in [6.45, 7) is 12.6. The third-order valence-electron chi connectivity index (χ3n) is 4.84. The van der Waals surface area contributed by atoms with Crippen molar-refractivity contribution in [3.05, 3.63) is 46.7 Å². The highest BCUT2D eigenvalue weighted by Gasteiger charge is 2.51. The fourth-order valence-electron chi connectivity index (χ4n) is 3.77. The Kier molecular flexibility index (Phi) is 4.88. The molecule has 0 aromatic rings. The van der Waals surface area contributed by atoms with Gasteiger partial charge in [-0.2, -0.15) is 0 Å². The number of rotatable bonds is 4. The minimum Gasteiger partial charge on any atom is -0.468 e. The van der Waals surface area contributed by atoms with Crippen LogP contribution in [0.2, 0.25) is 0 Å². The molecule has 0 saturated heterocycles. The molecule has 23 heavy (non-hydrogen) atoms. The first-order chi connectivity index (χ1) is 10.7. The first-order valence-electron chi connectivity index (χ1n) is 8.26. The number of hydrogen-bond donors (Lipinski definition) is 0. The molecular formula is C20H28O3. The van der Waals surface area contributed by atoms with E-state index in [-0.39, 0.29) is 17.6 Å². The monoisotopic (exact) mass is 316 g/mol. The Hall–Kier alpha value is -1.77. The van der Waals surface area contributed by atoms with E-state index in [1.54, 1.807) is 0 Å². The van der Waals surface area contributed by atoms with Crippen molar-refractivity contribution < 1.29 is 14.3 Å². The zero-order valence-electron chi connectivity index (χ0n) is 15.3. The smallest absolute Gasteiger partial charge is 0.287 e. The molecule has 0 saturated carbocycles. The number of carbonyl (C=O) groups excluding carboxylic acids is 1. The first kappa shape index (κ1) is 17.6.